The Morgan fingerprint density at radius 3 is 2.48 bits per heavy atom. The van der Waals surface area contributed by atoms with Gasteiger partial charge in [-0.3, -0.25) is 0 Å². The first-order chi connectivity index (χ1) is 11.4. The summed E-state index contributed by atoms with van der Waals surface area (Å²) in [6.45, 7) is 3.05. The van der Waals surface area contributed by atoms with Crippen LogP contribution in [0.5, 0.6) is 5.75 Å². The fraction of sp³-hybridized carbons (Fsp3) is 0.500. The standard InChI is InChI=1S/C18H21NO4/c1-3-15(22-16-7-10-21-12-16)4-2-13(1)17-11-19-18(23-17)14-5-8-20-9-6-14/h1-4,11,14,16H,5-10,12H2. The Labute approximate surface area is 135 Å². The monoisotopic (exact) mass is 315 g/mol. The molecular weight excluding hydrogens is 294 g/mol. The molecule has 4 rings (SSSR count). The predicted molar refractivity (Wildman–Crippen MR) is 84.6 cm³/mol. The molecule has 2 aliphatic heterocycles. The molecule has 0 radical (unpaired) electrons. The van der Waals surface area contributed by atoms with Crippen molar-refractivity contribution in [2.45, 2.75) is 31.3 Å². The first-order valence-electron chi connectivity index (χ1n) is 8.27. The molecule has 0 saturated carbocycles. The van der Waals surface area contributed by atoms with Crippen molar-refractivity contribution in [2.24, 2.45) is 0 Å². The van der Waals surface area contributed by atoms with Gasteiger partial charge in [0, 0.05) is 31.1 Å². The minimum atomic E-state index is 0.172. The number of nitrogens with zero attached hydrogens (tertiary/aromatic N) is 1. The summed E-state index contributed by atoms with van der Waals surface area (Å²) in [6.07, 6.45) is 4.90. The highest BCUT2D eigenvalue weighted by molar-refractivity contribution is 5.57. The number of aromatic nitrogens is 1. The SMILES string of the molecule is c1cc(-c2cnc(C3CCOCC3)o2)ccc1OC1CCOC1. The minimum absolute atomic E-state index is 0.172. The summed E-state index contributed by atoms with van der Waals surface area (Å²) in [5, 5.41) is 0. The second-order valence-corrected chi connectivity index (χ2v) is 6.08. The number of hydrogen-bond donors (Lipinski definition) is 0. The normalized spacial score (nSPS) is 22.3. The lowest BCUT2D eigenvalue weighted by molar-refractivity contribution is 0.0796. The van der Waals surface area contributed by atoms with Gasteiger partial charge in [0.1, 0.15) is 11.9 Å². The molecule has 3 heterocycles. The third-order valence-electron chi connectivity index (χ3n) is 4.42. The van der Waals surface area contributed by atoms with Gasteiger partial charge in [0.15, 0.2) is 11.7 Å². The van der Waals surface area contributed by atoms with Crippen LogP contribution < -0.4 is 4.74 Å². The molecule has 5 heteroatoms. The molecule has 2 saturated heterocycles. The first-order valence-corrected chi connectivity index (χ1v) is 8.27. The maximum absolute atomic E-state index is 5.95. The van der Waals surface area contributed by atoms with Crippen LogP contribution >= 0.6 is 0 Å². The van der Waals surface area contributed by atoms with Crippen molar-refractivity contribution in [3.05, 3.63) is 36.4 Å². The average Bonchev–Trinajstić information content (AvgIpc) is 3.28. The third-order valence-corrected chi connectivity index (χ3v) is 4.42. The summed E-state index contributed by atoms with van der Waals surface area (Å²) in [5.41, 5.74) is 1.02. The molecule has 2 fully saturated rings. The van der Waals surface area contributed by atoms with Gasteiger partial charge in [-0.25, -0.2) is 4.98 Å². The largest absolute Gasteiger partial charge is 0.488 e. The van der Waals surface area contributed by atoms with Crippen molar-refractivity contribution >= 4 is 0 Å². The van der Waals surface area contributed by atoms with Gasteiger partial charge < -0.3 is 18.6 Å². The molecule has 0 spiro atoms. The molecule has 1 aromatic heterocycles. The van der Waals surface area contributed by atoms with Gasteiger partial charge in [0.25, 0.3) is 0 Å². The van der Waals surface area contributed by atoms with E-state index in [2.05, 4.69) is 4.98 Å². The zero-order valence-corrected chi connectivity index (χ0v) is 13.1. The van der Waals surface area contributed by atoms with E-state index in [-0.39, 0.29) is 6.10 Å². The highest BCUT2D eigenvalue weighted by Crippen LogP contribution is 2.30. The molecule has 0 amide bonds. The average molecular weight is 315 g/mol. The Bertz CT molecular complexity index is 625. The van der Waals surface area contributed by atoms with Crippen LogP contribution in [0.1, 0.15) is 31.1 Å². The molecule has 122 valence electrons. The quantitative estimate of drug-likeness (QED) is 0.865. The van der Waals surface area contributed by atoms with Crippen LogP contribution in [0.15, 0.2) is 34.9 Å². The number of oxazole rings is 1. The molecule has 2 aliphatic rings. The van der Waals surface area contributed by atoms with Gasteiger partial charge in [0.2, 0.25) is 0 Å². The summed E-state index contributed by atoms with van der Waals surface area (Å²) < 4.78 is 22.6. The molecular formula is C18H21NO4. The van der Waals surface area contributed by atoms with Crippen molar-refractivity contribution in [2.75, 3.05) is 26.4 Å². The van der Waals surface area contributed by atoms with Crippen LogP contribution in [0.4, 0.5) is 0 Å². The van der Waals surface area contributed by atoms with E-state index in [1.807, 2.05) is 30.5 Å². The van der Waals surface area contributed by atoms with Crippen LogP contribution in [0, 0.1) is 0 Å². The lowest BCUT2D eigenvalue weighted by atomic mass is 10.0. The van der Waals surface area contributed by atoms with E-state index < -0.39 is 0 Å². The topological polar surface area (TPSA) is 53.7 Å². The van der Waals surface area contributed by atoms with E-state index in [0.717, 1.165) is 62.0 Å². The summed E-state index contributed by atoms with van der Waals surface area (Å²) in [6, 6.07) is 7.98. The predicted octanol–water partition coefficient (Wildman–Crippen LogP) is 3.40. The molecule has 23 heavy (non-hydrogen) atoms. The maximum Gasteiger partial charge on any atom is 0.198 e. The molecule has 0 aliphatic carbocycles. The number of rotatable bonds is 4. The zero-order valence-electron chi connectivity index (χ0n) is 13.1. The molecule has 5 nitrogen and oxygen atoms in total. The Balaban J connectivity index is 1.44. The number of benzene rings is 1. The second kappa shape index (κ2) is 6.72. The van der Waals surface area contributed by atoms with E-state index in [4.69, 9.17) is 18.6 Å². The van der Waals surface area contributed by atoms with Gasteiger partial charge in [-0.2, -0.15) is 0 Å². The highest BCUT2D eigenvalue weighted by atomic mass is 16.5. The third kappa shape index (κ3) is 3.41. The second-order valence-electron chi connectivity index (χ2n) is 6.08. The van der Waals surface area contributed by atoms with Gasteiger partial charge in [-0.1, -0.05) is 0 Å². The van der Waals surface area contributed by atoms with E-state index in [1.54, 1.807) is 0 Å². The van der Waals surface area contributed by atoms with E-state index in [0.29, 0.717) is 12.5 Å². The van der Waals surface area contributed by atoms with Gasteiger partial charge in [-0.05, 0) is 37.1 Å². The van der Waals surface area contributed by atoms with Crippen molar-refractivity contribution in [1.29, 1.82) is 0 Å². The smallest absolute Gasteiger partial charge is 0.198 e. The maximum atomic E-state index is 5.95. The molecule has 0 N–H and O–H groups in total. The molecule has 1 unspecified atom stereocenters. The van der Waals surface area contributed by atoms with Crippen molar-refractivity contribution < 1.29 is 18.6 Å². The number of ether oxygens (including phenoxy) is 3. The Morgan fingerprint density at radius 1 is 0.957 bits per heavy atom. The molecule has 0 bridgehead atoms. The molecule has 2 aromatic rings. The number of hydrogen-bond acceptors (Lipinski definition) is 5. The highest BCUT2D eigenvalue weighted by Gasteiger charge is 2.21. The van der Waals surface area contributed by atoms with E-state index in [9.17, 15) is 0 Å². The molecule has 1 aromatic carbocycles. The van der Waals surface area contributed by atoms with Crippen LogP contribution in [0.2, 0.25) is 0 Å². The van der Waals surface area contributed by atoms with Crippen LogP contribution in [-0.2, 0) is 9.47 Å². The van der Waals surface area contributed by atoms with Crippen molar-refractivity contribution in [3.63, 3.8) is 0 Å². The lowest BCUT2D eigenvalue weighted by Crippen LogP contribution is -2.15. The summed E-state index contributed by atoms with van der Waals surface area (Å²) in [7, 11) is 0. The van der Waals surface area contributed by atoms with Gasteiger partial charge in [-0.15, -0.1) is 0 Å². The van der Waals surface area contributed by atoms with Crippen LogP contribution in [-0.4, -0.2) is 37.5 Å². The van der Waals surface area contributed by atoms with Crippen molar-refractivity contribution in [1.82, 2.24) is 4.98 Å². The van der Waals surface area contributed by atoms with Crippen LogP contribution in [0.25, 0.3) is 11.3 Å². The Kier molecular flexibility index (Phi) is 4.30. The Hall–Kier alpha value is -1.85. The summed E-state index contributed by atoms with van der Waals surface area (Å²) in [5.74, 6) is 2.88. The lowest BCUT2D eigenvalue weighted by Gasteiger charge is -2.18. The molecule has 1 atom stereocenters. The van der Waals surface area contributed by atoms with Crippen molar-refractivity contribution in [3.8, 4) is 17.1 Å². The van der Waals surface area contributed by atoms with Gasteiger partial charge >= 0.3 is 0 Å². The fourth-order valence-corrected chi connectivity index (χ4v) is 3.05. The minimum Gasteiger partial charge on any atom is -0.488 e. The van der Waals surface area contributed by atoms with Gasteiger partial charge in [0.05, 0.1) is 19.4 Å². The van der Waals surface area contributed by atoms with E-state index >= 15 is 0 Å². The Morgan fingerprint density at radius 2 is 1.74 bits per heavy atom. The fourth-order valence-electron chi connectivity index (χ4n) is 3.05. The van der Waals surface area contributed by atoms with Crippen LogP contribution in [0.3, 0.4) is 0 Å². The zero-order chi connectivity index (χ0) is 15.5. The summed E-state index contributed by atoms with van der Waals surface area (Å²) >= 11 is 0. The first kappa shape index (κ1) is 14.7. The van der Waals surface area contributed by atoms with E-state index in [1.165, 1.54) is 0 Å². The summed E-state index contributed by atoms with van der Waals surface area (Å²) in [4.78, 5) is 4.45.